The van der Waals surface area contributed by atoms with Gasteiger partial charge in [0.1, 0.15) is 5.82 Å². The Morgan fingerprint density at radius 3 is 2.58 bits per heavy atom. The predicted molar refractivity (Wildman–Crippen MR) is 96.2 cm³/mol. The highest BCUT2D eigenvalue weighted by Gasteiger charge is 2.30. The lowest BCUT2D eigenvalue weighted by Gasteiger charge is -2.28. The number of hydrogen-bond acceptors (Lipinski definition) is 3. The number of aromatic nitrogens is 2. The Morgan fingerprint density at radius 1 is 1.08 bits per heavy atom. The Kier molecular flexibility index (Phi) is 4.11. The zero-order valence-corrected chi connectivity index (χ0v) is 14.3. The van der Waals surface area contributed by atoms with Gasteiger partial charge in [0.15, 0.2) is 0 Å². The van der Waals surface area contributed by atoms with Crippen LogP contribution in [0.25, 0.3) is 22.2 Å². The van der Waals surface area contributed by atoms with Crippen LogP contribution in [0.1, 0.15) is 5.56 Å². The monoisotopic (exact) mass is 360 g/mol. The second-order valence-corrected chi connectivity index (χ2v) is 6.47. The summed E-state index contributed by atoms with van der Waals surface area (Å²) >= 11 is 0. The van der Waals surface area contributed by atoms with Crippen LogP contribution < -0.4 is 10.2 Å². The fourth-order valence-corrected chi connectivity index (χ4v) is 3.51. The summed E-state index contributed by atoms with van der Waals surface area (Å²) in [4.78, 5) is 6.76. The third kappa shape index (κ3) is 2.92. The summed E-state index contributed by atoms with van der Waals surface area (Å²) < 4.78 is 41.1. The van der Waals surface area contributed by atoms with Gasteiger partial charge in [-0.1, -0.05) is 12.1 Å². The topological polar surface area (TPSA) is 33.1 Å². The number of anilines is 1. The van der Waals surface area contributed by atoms with E-state index in [1.54, 1.807) is 12.3 Å². The van der Waals surface area contributed by atoms with E-state index in [2.05, 4.69) is 15.2 Å². The average molecular weight is 360 g/mol. The van der Waals surface area contributed by atoms with E-state index in [1.165, 1.54) is 12.1 Å². The quantitative estimate of drug-likeness (QED) is 0.757. The van der Waals surface area contributed by atoms with Crippen molar-refractivity contribution in [3.8, 4) is 11.3 Å². The molecule has 4 nitrogen and oxygen atoms in total. The molecule has 1 N–H and O–H groups in total. The second-order valence-electron chi connectivity index (χ2n) is 6.47. The number of benzene rings is 1. The van der Waals surface area contributed by atoms with Crippen LogP contribution in [-0.4, -0.2) is 35.7 Å². The van der Waals surface area contributed by atoms with E-state index in [9.17, 15) is 13.2 Å². The van der Waals surface area contributed by atoms with Crippen LogP contribution in [0, 0.1) is 0 Å². The van der Waals surface area contributed by atoms with Gasteiger partial charge in [-0.15, -0.1) is 0 Å². The standard InChI is InChI=1S/C19H19F3N4/c1-25-16-5-6-24-18(26-9-7-23-8-10-26)15(16)12-17(25)13-3-2-4-14(11-13)19(20,21)22/h2-6,11-12,23H,7-10H2,1H3. The van der Waals surface area contributed by atoms with Crippen LogP contribution in [0.5, 0.6) is 0 Å². The number of alkyl halides is 3. The van der Waals surface area contributed by atoms with Crippen molar-refractivity contribution in [2.24, 2.45) is 7.05 Å². The zero-order chi connectivity index (χ0) is 18.3. The minimum atomic E-state index is -4.35. The lowest BCUT2D eigenvalue weighted by molar-refractivity contribution is -0.137. The summed E-state index contributed by atoms with van der Waals surface area (Å²) in [7, 11) is 1.87. The van der Waals surface area contributed by atoms with Crippen LogP contribution in [-0.2, 0) is 13.2 Å². The van der Waals surface area contributed by atoms with Crippen molar-refractivity contribution in [2.75, 3.05) is 31.1 Å². The highest BCUT2D eigenvalue weighted by Crippen LogP contribution is 2.35. The van der Waals surface area contributed by atoms with Crippen molar-refractivity contribution < 1.29 is 13.2 Å². The van der Waals surface area contributed by atoms with Gasteiger partial charge in [-0.3, -0.25) is 0 Å². The van der Waals surface area contributed by atoms with E-state index >= 15 is 0 Å². The molecular formula is C19H19F3N4. The van der Waals surface area contributed by atoms with Gasteiger partial charge in [-0.25, -0.2) is 4.98 Å². The maximum absolute atomic E-state index is 13.1. The molecule has 1 saturated heterocycles. The largest absolute Gasteiger partial charge is 0.416 e. The number of piperazine rings is 1. The number of pyridine rings is 1. The van der Waals surface area contributed by atoms with Gasteiger partial charge in [0.25, 0.3) is 0 Å². The van der Waals surface area contributed by atoms with E-state index in [0.29, 0.717) is 5.56 Å². The average Bonchev–Trinajstić information content (AvgIpc) is 2.99. The fourth-order valence-electron chi connectivity index (χ4n) is 3.51. The Hall–Kier alpha value is -2.54. The van der Waals surface area contributed by atoms with Gasteiger partial charge in [0.2, 0.25) is 0 Å². The Balaban J connectivity index is 1.83. The van der Waals surface area contributed by atoms with Crippen molar-refractivity contribution in [1.82, 2.24) is 14.9 Å². The summed E-state index contributed by atoms with van der Waals surface area (Å²) in [5, 5.41) is 4.28. The molecule has 7 heteroatoms. The maximum Gasteiger partial charge on any atom is 0.416 e. The number of nitrogens with zero attached hydrogens (tertiary/aromatic N) is 3. The number of fused-ring (bicyclic) bond motifs is 1. The molecule has 1 aromatic carbocycles. The lowest BCUT2D eigenvalue weighted by Crippen LogP contribution is -2.43. The van der Waals surface area contributed by atoms with Gasteiger partial charge in [-0.05, 0) is 29.8 Å². The minimum absolute atomic E-state index is 0.546. The highest BCUT2D eigenvalue weighted by molar-refractivity contribution is 5.95. The molecular weight excluding hydrogens is 341 g/mol. The Morgan fingerprint density at radius 2 is 1.85 bits per heavy atom. The van der Waals surface area contributed by atoms with Crippen LogP contribution in [0.15, 0.2) is 42.6 Å². The van der Waals surface area contributed by atoms with Crippen molar-refractivity contribution in [1.29, 1.82) is 0 Å². The summed E-state index contributed by atoms with van der Waals surface area (Å²) in [5.41, 5.74) is 1.61. The second kappa shape index (κ2) is 6.32. The number of nitrogens with one attached hydrogen (secondary N) is 1. The number of hydrogen-bond donors (Lipinski definition) is 1. The van der Waals surface area contributed by atoms with Gasteiger partial charge >= 0.3 is 6.18 Å². The van der Waals surface area contributed by atoms with Gasteiger partial charge in [0.05, 0.1) is 11.1 Å². The van der Waals surface area contributed by atoms with Crippen LogP contribution >= 0.6 is 0 Å². The molecule has 1 fully saturated rings. The lowest BCUT2D eigenvalue weighted by atomic mass is 10.1. The molecule has 136 valence electrons. The summed E-state index contributed by atoms with van der Waals surface area (Å²) in [6.07, 6.45) is -2.59. The molecule has 4 rings (SSSR count). The van der Waals surface area contributed by atoms with Crippen molar-refractivity contribution in [3.05, 3.63) is 48.2 Å². The maximum atomic E-state index is 13.1. The van der Waals surface area contributed by atoms with Gasteiger partial charge in [-0.2, -0.15) is 13.2 Å². The molecule has 0 radical (unpaired) electrons. The molecule has 1 aliphatic rings. The first-order valence-corrected chi connectivity index (χ1v) is 8.53. The van der Waals surface area contributed by atoms with E-state index < -0.39 is 11.7 Å². The van der Waals surface area contributed by atoms with Crippen molar-refractivity contribution >= 4 is 16.7 Å². The van der Waals surface area contributed by atoms with Crippen molar-refractivity contribution in [3.63, 3.8) is 0 Å². The normalized spacial score (nSPS) is 15.6. The molecule has 26 heavy (non-hydrogen) atoms. The predicted octanol–water partition coefficient (Wildman–Crippen LogP) is 3.67. The molecule has 1 aliphatic heterocycles. The molecule has 0 spiro atoms. The molecule has 3 heterocycles. The number of rotatable bonds is 2. The molecule has 0 unspecified atom stereocenters. The summed E-state index contributed by atoms with van der Waals surface area (Å²) in [6, 6.07) is 9.30. The van der Waals surface area contributed by atoms with E-state index in [0.717, 1.165) is 54.7 Å². The van der Waals surface area contributed by atoms with E-state index in [4.69, 9.17) is 0 Å². The first-order chi connectivity index (χ1) is 12.4. The Labute approximate surface area is 149 Å². The van der Waals surface area contributed by atoms with Gasteiger partial charge < -0.3 is 14.8 Å². The van der Waals surface area contributed by atoms with Crippen molar-refractivity contribution in [2.45, 2.75) is 6.18 Å². The number of halogens is 3. The van der Waals surface area contributed by atoms with Crippen LogP contribution in [0.4, 0.5) is 19.0 Å². The van der Waals surface area contributed by atoms with E-state index in [-0.39, 0.29) is 0 Å². The first-order valence-electron chi connectivity index (χ1n) is 8.53. The minimum Gasteiger partial charge on any atom is -0.354 e. The van der Waals surface area contributed by atoms with Gasteiger partial charge in [0, 0.05) is 50.5 Å². The first kappa shape index (κ1) is 16.9. The van der Waals surface area contributed by atoms with Crippen LogP contribution in [0.2, 0.25) is 0 Å². The molecule has 3 aromatic rings. The molecule has 0 aliphatic carbocycles. The fraction of sp³-hybridized carbons (Fsp3) is 0.316. The number of aryl methyl sites for hydroxylation is 1. The summed E-state index contributed by atoms with van der Waals surface area (Å²) in [5.74, 6) is 0.887. The van der Waals surface area contributed by atoms with E-state index in [1.807, 2.05) is 23.7 Å². The summed E-state index contributed by atoms with van der Waals surface area (Å²) in [6.45, 7) is 3.51. The third-order valence-electron chi connectivity index (χ3n) is 4.85. The smallest absolute Gasteiger partial charge is 0.354 e. The SMILES string of the molecule is Cn1c(-c2cccc(C(F)(F)F)c2)cc2c(N3CCNCC3)nccc21. The Bertz CT molecular complexity index is 940. The zero-order valence-electron chi connectivity index (χ0n) is 14.3. The van der Waals surface area contributed by atoms with Crippen LogP contribution in [0.3, 0.4) is 0 Å². The molecule has 0 bridgehead atoms. The highest BCUT2D eigenvalue weighted by atomic mass is 19.4. The third-order valence-corrected chi connectivity index (χ3v) is 4.85. The molecule has 0 saturated carbocycles. The molecule has 0 amide bonds. The molecule has 0 atom stereocenters. The molecule has 2 aromatic heterocycles.